The van der Waals surface area contributed by atoms with E-state index in [0.29, 0.717) is 11.8 Å². The Morgan fingerprint density at radius 2 is 1.48 bits per heavy atom. The summed E-state index contributed by atoms with van der Waals surface area (Å²) in [4.78, 5) is 0. The molecule has 2 aliphatic rings. The van der Waals surface area contributed by atoms with Crippen molar-refractivity contribution in [1.82, 2.24) is 0 Å². The van der Waals surface area contributed by atoms with Gasteiger partial charge in [0.25, 0.3) is 0 Å². The van der Waals surface area contributed by atoms with Crippen LogP contribution in [0, 0.1) is 11.8 Å². The Balaban J connectivity index is 1.97. The molecular formula is C20H22O. The fourth-order valence-electron chi connectivity index (χ4n) is 4.95. The van der Waals surface area contributed by atoms with E-state index in [4.69, 9.17) is 0 Å². The van der Waals surface area contributed by atoms with Crippen LogP contribution in [0.4, 0.5) is 0 Å². The molecule has 0 aromatic heterocycles. The van der Waals surface area contributed by atoms with Gasteiger partial charge in [-0.2, -0.15) is 0 Å². The van der Waals surface area contributed by atoms with Crippen molar-refractivity contribution in [3.05, 3.63) is 59.7 Å². The zero-order chi connectivity index (χ0) is 14.6. The fourth-order valence-corrected chi connectivity index (χ4v) is 4.95. The summed E-state index contributed by atoms with van der Waals surface area (Å²) in [6.45, 7) is 4.36. The van der Waals surface area contributed by atoms with Gasteiger partial charge in [0, 0.05) is 11.3 Å². The molecule has 0 amide bonds. The molecule has 0 saturated heterocycles. The van der Waals surface area contributed by atoms with Gasteiger partial charge in [-0.25, -0.2) is 0 Å². The number of benzene rings is 2. The molecule has 2 aromatic rings. The number of aliphatic hydroxyl groups excluding tert-OH is 1. The Labute approximate surface area is 126 Å². The molecule has 1 N–H and O–H groups in total. The zero-order valence-electron chi connectivity index (χ0n) is 12.7. The van der Waals surface area contributed by atoms with E-state index in [1.165, 1.54) is 22.3 Å². The van der Waals surface area contributed by atoms with Crippen molar-refractivity contribution < 1.29 is 5.11 Å². The largest absolute Gasteiger partial charge is 0.393 e. The zero-order valence-corrected chi connectivity index (χ0v) is 12.7. The molecule has 1 unspecified atom stereocenters. The van der Waals surface area contributed by atoms with E-state index < -0.39 is 0 Å². The van der Waals surface area contributed by atoms with E-state index in [-0.39, 0.29) is 11.5 Å². The predicted molar refractivity (Wildman–Crippen MR) is 86.2 cm³/mol. The van der Waals surface area contributed by atoms with Crippen molar-refractivity contribution >= 4 is 0 Å². The van der Waals surface area contributed by atoms with E-state index in [2.05, 4.69) is 62.4 Å². The fraction of sp³-hybridized carbons (Fsp3) is 0.400. The summed E-state index contributed by atoms with van der Waals surface area (Å²) in [6, 6.07) is 17.6. The summed E-state index contributed by atoms with van der Waals surface area (Å²) in [7, 11) is 0. The highest BCUT2D eigenvalue weighted by molar-refractivity contribution is 5.83. The van der Waals surface area contributed by atoms with Gasteiger partial charge in [-0.3, -0.25) is 0 Å². The van der Waals surface area contributed by atoms with Crippen molar-refractivity contribution in [1.29, 1.82) is 0 Å². The van der Waals surface area contributed by atoms with Crippen molar-refractivity contribution in [3.63, 3.8) is 0 Å². The summed E-state index contributed by atoms with van der Waals surface area (Å²) < 4.78 is 0. The number of hydrogen-bond donors (Lipinski definition) is 1. The van der Waals surface area contributed by atoms with Crippen LogP contribution in [0.2, 0.25) is 0 Å². The van der Waals surface area contributed by atoms with Crippen LogP contribution in [0.5, 0.6) is 0 Å². The van der Waals surface area contributed by atoms with Gasteiger partial charge in [-0.1, -0.05) is 68.8 Å². The molecule has 1 saturated carbocycles. The molecule has 3 atom stereocenters. The van der Waals surface area contributed by atoms with Gasteiger partial charge in [-0.15, -0.1) is 0 Å². The van der Waals surface area contributed by atoms with Gasteiger partial charge in [0.15, 0.2) is 0 Å². The SMILES string of the molecule is CCC(O)[C@@H]1[C@H](CC)C12c1ccccc1-c1ccccc12. The smallest absolute Gasteiger partial charge is 0.0580 e. The minimum absolute atomic E-state index is 0.0668. The first-order valence-corrected chi connectivity index (χ1v) is 8.14. The quantitative estimate of drug-likeness (QED) is 0.883. The maximum atomic E-state index is 10.6. The lowest BCUT2D eigenvalue weighted by Crippen LogP contribution is -2.17. The molecule has 21 heavy (non-hydrogen) atoms. The lowest BCUT2D eigenvalue weighted by molar-refractivity contribution is 0.135. The molecular weight excluding hydrogens is 256 g/mol. The molecule has 2 aliphatic carbocycles. The summed E-state index contributed by atoms with van der Waals surface area (Å²) >= 11 is 0. The second kappa shape index (κ2) is 4.45. The Kier molecular flexibility index (Phi) is 2.77. The lowest BCUT2D eigenvalue weighted by atomic mass is 9.87. The van der Waals surface area contributed by atoms with Crippen LogP contribution in [-0.4, -0.2) is 11.2 Å². The van der Waals surface area contributed by atoms with Crippen LogP contribution in [0.1, 0.15) is 37.8 Å². The molecule has 1 heteroatoms. The second-order valence-corrected chi connectivity index (χ2v) is 6.48. The highest BCUT2D eigenvalue weighted by Crippen LogP contribution is 2.72. The van der Waals surface area contributed by atoms with Gasteiger partial charge in [0.2, 0.25) is 0 Å². The molecule has 0 heterocycles. The average molecular weight is 278 g/mol. The Morgan fingerprint density at radius 1 is 0.952 bits per heavy atom. The van der Waals surface area contributed by atoms with Gasteiger partial charge in [-0.05, 0) is 34.6 Å². The van der Waals surface area contributed by atoms with Gasteiger partial charge in [0.05, 0.1) is 6.10 Å². The van der Waals surface area contributed by atoms with E-state index in [1.807, 2.05) is 0 Å². The van der Waals surface area contributed by atoms with Gasteiger partial charge >= 0.3 is 0 Å². The Morgan fingerprint density at radius 3 is 1.95 bits per heavy atom. The minimum Gasteiger partial charge on any atom is -0.393 e. The van der Waals surface area contributed by atoms with Crippen molar-refractivity contribution in [2.75, 3.05) is 0 Å². The van der Waals surface area contributed by atoms with E-state index in [0.717, 1.165) is 12.8 Å². The molecule has 1 spiro atoms. The summed E-state index contributed by atoms with van der Waals surface area (Å²) in [6.07, 6.45) is 1.77. The Hall–Kier alpha value is -1.60. The van der Waals surface area contributed by atoms with Gasteiger partial charge in [0.1, 0.15) is 0 Å². The van der Waals surface area contributed by atoms with E-state index >= 15 is 0 Å². The van der Waals surface area contributed by atoms with E-state index in [9.17, 15) is 5.11 Å². The first-order valence-electron chi connectivity index (χ1n) is 8.14. The maximum Gasteiger partial charge on any atom is 0.0580 e. The summed E-state index contributed by atoms with van der Waals surface area (Å²) in [5.41, 5.74) is 5.69. The number of hydrogen-bond acceptors (Lipinski definition) is 1. The summed E-state index contributed by atoms with van der Waals surface area (Å²) in [5, 5.41) is 10.6. The number of fused-ring (bicyclic) bond motifs is 5. The Bertz CT molecular complexity index is 642. The minimum atomic E-state index is -0.200. The highest BCUT2D eigenvalue weighted by atomic mass is 16.3. The van der Waals surface area contributed by atoms with Crippen molar-refractivity contribution in [3.8, 4) is 11.1 Å². The maximum absolute atomic E-state index is 10.6. The van der Waals surface area contributed by atoms with Crippen LogP contribution in [0.15, 0.2) is 48.5 Å². The first kappa shape index (κ1) is 13.1. The average Bonchev–Trinajstić information content (AvgIpc) is 3.14. The number of aliphatic hydroxyl groups is 1. The normalized spacial score (nSPS) is 25.5. The monoisotopic (exact) mass is 278 g/mol. The molecule has 4 rings (SSSR count). The molecule has 0 aliphatic heterocycles. The molecule has 1 nitrogen and oxygen atoms in total. The van der Waals surface area contributed by atoms with Crippen LogP contribution in [-0.2, 0) is 5.41 Å². The van der Waals surface area contributed by atoms with Crippen molar-refractivity contribution in [2.45, 2.75) is 38.2 Å². The van der Waals surface area contributed by atoms with Crippen molar-refractivity contribution in [2.24, 2.45) is 11.8 Å². The van der Waals surface area contributed by atoms with Crippen LogP contribution >= 0.6 is 0 Å². The van der Waals surface area contributed by atoms with Gasteiger partial charge < -0.3 is 5.11 Å². The standard InChI is InChI=1S/C20H22O/c1-3-15-19(18(21)4-2)20(15)16-11-7-5-9-13(16)14-10-6-8-12-17(14)20/h5-12,15,18-19,21H,3-4H2,1-2H3/t15-,18?,19-/m0/s1. The topological polar surface area (TPSA) is 20.2 Å². The molecule has 1 fully saturated rings. The first-order chi connectivity index (χ1) is 10.3. The third-order valence-corrected chi connectivity index (χ3v) is 5.74. The third kappa shape index (κ3) is 1.45. The third-order valence-electron chi connectivity index (χ3n) is 5.74. The summed E-state index contributed by atoms with van der Waals surface area (Å²) in [5.74, 6) is 0.939. The van der Waals surface area contributed by atoms with Crippen LogP contribution < -0.4 is 0 Å². The molecule has 0 radical (unpaired) electrons. The van der Waals surface area contributed by atoms with Crippen LogP contribution in [0.25, 0.3) is 11.1 Å². The molecule has 2 aromatic carbocycles. The molecule has 108 valence electrons. The number of rotatable bonds is 3. The highest BCUT2D eigenvalue weighted by Gasteiger charge is 2.69. The molecule has 0 bridgehead atoms. The lowest BCUT2D eigenvalue weighted by Gasteiger charge is -2.17. The second-order valence-electron chi connectivity index (χ2n) is 6.48. The van der Waals surface area contributed by atoms with E-state index in [1.54, 1.807) is 0 Å². The van der Waals surface area contributed by atoms with Crippen LogP contribution in [0.3, 0.4) is 0 Å². The predicted octanol–water partition coefficient (Wildman–Crippen LogP) is 4.38.